The summed E-state index contributed by atoms with van der Waals surface area (Å²) in [6, 6.07) is 5.48. The first-order valence-corrected chi connectivity index (χ1v) is 8.94. The molecule has 26 heavy (non-hydrogen) atoms. The van der Waals surface area contributed by atoms with Gasteiger partial charge in [0.05, 0.1) is 31.4 Å². The van der Waals surface area contributed by atoms with E-state index in [9.17, 15) is 4.79 Å². The molecule has 1 aliphatic rings. The highest BCUT2D eigenvalue weighted by atomic mass is 35.5. The summed E-state index contributed by atoms with van der Waals surface area (Å²) in [6.07, 6.45) is 0.446. The second kappa shape index (κ2) is 10.9. The number of carbonyl (C=O) groups is 1. The molecule has 1 aromatic rings. The number of benzene rings is 1. The van der Waals surface area contributed by atoms with Crippen molar-refractivity contribution >= 4 is 17.5 Å². The fraction of sp³-hybridized carbons (Fsp3) is 0.556. The van der Waals surface area contributed by atoms with E-state index in [-0.39, 0.29) is 12.3 Å². The van der Waals surface area contributed by atoms with Gasteiger partial charge in [0, 0.05) is 26.2 Å². The number of halogens is 1. The largest absolute Gasteiger partial charge is 0.493 e. The van der Waals surface area contributed by atoms with Crippen LogP contribution in [0, 0.1) is 11.3 Å². The van der Waals surface area contributed by atoms with E-state index in [1.807, 2.05) is 18.2 Å². The van der Waals surface area contributed by atoms with Gasteiger partial charge in [0.25, 0.3) is 0 Å². The van der Waals surface area contributed by atoms with Gasteiger partial charge in [-0.3, -0.25) is 9.69 Å². The Balaban J connectivity index is 1.88. The van der Waals surface area contributed by atoms with Gasteiger partial charge in [-0.25, -0.2) is 0 Å². The number of ether oxygens (including phenoxy) is 3. The minimum Gasteiger partial charge on any atom is -0.493 e. The Morgan fingerprint density at radius 3 is 2.88 bits per heavy atom. The highest BCUT2D eigenvalue weighted by molar-refractivity contribution is 6.32. The molecular weight excluding hydrogens is 358 g/mol. The number of morpholine rings is 1. The maximum absolute atomic E-state index is 11.3. The molecule has 8 heteroatoms. The zero-order valence-electron chi connectivity index (χ0n) is 14.9. The number of methoxy groups -OCH3 is 1. The summed E-state index contributed by atoms with van der Waals surface area (Å²) in [5.41, 5.74) is 0.921. The summed E-state index contributed by atoms with van der Waals surface area (Å²) in [5.74, 6) is 0.811. The van der Waals surface area contributed by atoms with E-state index in [4.69, 9.17) is 31.1 Å². The number of nitrogens with zero attached hydrogens (tertiary/aromatic N) is 2. The van der Waals surface area contributed by atoms with Crippen LogP contribution in [0.1, 0.15) is 12.0 Å². The maximum atomic E-state index is 11.3. The highest BCUT2D eigenvalue weighted by Crippen LogP contribution is 2.36. The lowest BCUT2D eigenvalue weighted by molar-refractivity contribution is -0.120. The van der Waals surface area contributed by atoms with Crippen molar-refractivity contribution in [3.05, 3.63) is 22.7 Å². The Labute approximate surface area is 158 Å². The van der Waals surface area contributed by atoms with E-state index in [1.54, 1.807) is 7.11 Å². The average Bonchev–Trinajstić information content (AvgIpc) is 2.64. The minimum absolute atomic E-state index is 0.139. The molecule has 1 heterocycles. The molecule has 1 fully saturated rings. The van der Waals surface area contributed by atoms with Crippen LogP contribution in [0.4, 0.5) is 0 Å². The van der Waals surface area contributed by atoms with Crippen molar-refractivity contribution in [2.24, 2.45) is 0 Å². The number of amides is 1. The summed E-state index contributed by atoms with van der Waals surface area (Å²) < 4.78 is 16.6. The topological polar surface area (TPSA) is 83.8 Å². The average molecular weight is 382 g/mol. The number of rotatable bonds is 9. The molecule has 0 radical (unpaired) electrons. The monoisotopic (exact) mass is 381 g/mol. The predicted molar refractivity (Wildman–Crippen MR) is 97.7 cm³/mol. The van der Waals surface area contributed by atoms with Crippen LogP contribution in [0.25, 0.3) is 0 Å². The molecular formula is C18H24ClN3O4. The van der Waals surface area contributed by atoms with Crippen molar-refractivity contribution in [3.8, 4) is 17.6 Å². The summed E-state index contributed by atoms with van der Waals surface area (Å²) in [6.45, 7) is 5.06. The third-order valence-electron chi connectivity index (χ3n) is 4.02. The SMILES string of the molecule is COc1cc(CCNC(=O)CC#N)cc(Cl)c1OCCN1CCOCC1. The van der Waals surface area contributed by atoms with Crippen LogP contribution in [-0.4, -0.2) is 63.9 Å². The van der Waals surface area contributed by atoms with E-state index in [2.05, 4.69) is 10.2 Å². The number of hydrogen-bond acceptors (Lipinski definition) is 6. The van der Waals surface area contributed by atoms with Crippen molar-refractivity contribution in [3.63, 3.8) is 0 Å². The molecule has 0 bridgehead atoms. The van der Waals surface area contributed by atoms with E-state index in [0.29, 0.717) is 36.1 Å². The third-order valence-corrected chi connectivity index (χ3v) is 4.30. The van der Waals surface area contributed by atoms with E-state index >= 15 is 0 Å². The summed E-state index contributed by atoms with van der Waals surface area (Å²) in [4.78, 5) is 13.6. The number of carbonyl (C=O) groups excluding carboxylic acids is 1. The third kappa shape index (κ3) is 6.37. The molecule has 1 aliphatic heterocycles. The van der Waals surface area contributed by atoms with Crippen LogP contribution in [0.2, 0.25) is 5.02 Å². The maximum Gasteiger partial charge on any atom is 0.234 e. The van der Waals surface area contributed by atoms with Crippen LogP contribution in [0.5, 0.6) is 11.5 Å². The molecule has 0 aromatic heterocycles. The first-order chi connectivity index (χ1) is 12.6. The Bertz CT molecular complexity index is 642. The summed E-state index contributed by atoms with van der Waals surface area (Å²) >= 11 is 6.36. The second-order valence-corrected chi connectivity index (χ2v) is 6.25. The normalized spacial score (nSPS) is 14.5. The first kappa shape index (κ1) is 20.3. The molecule has 1 aromatic carbocycles. The summed E-state index contributed by atoms with van der Waals surface area (Å²) in [5, 5.41) is 11.6. The molecule has 142 valence electrons. The highest BCUT2D eigenvalue weighted by Gasteiger charge is 2.14. The Hall–Kier alpha value is -2.01. The van der Waals surface area contributed by atoms with E-state index in [0.717, 1.165) is 38.4 Å². The predicted octanol–water partition coefficient (Wildman–Crippen LogP) is 1.63. The van der Waals surface area contributed by atoms with Gasteiger partial charge in [0.15, 0.2) is 11.5 Å². The molecule has 0 spiro atoms. The van der Waals surface area contributed by atoms with Gasteiger partial charge in [-0.2, -0.15) is 5.26 Å². The Kier molecular flexibility index (Phi) is 8.48. The molecule has 0 atom stereocenters. The zero-order valence-corrected chi connectivity index (χ0v) is 15.7. The molecule has 7 nitrogen and oxygen atoms in total. The number of nitrogens with one attached hydrogen (secondary N) is 1. The standard InChI is InChI=1S/C18H24ClN3O4/c1-24-16-13-14(3-5-21-17(23)2-4-20)12-15(19)18(16)26-11-8-22-6-9-25-10-7-22/h12-13H,2-3,5-11H2,1H3,(H,21,23). The molecule has 1 saturated heterocycles. The molecule has 0 unspecified atom stereocenters. The zero-order chi connectivity index (χ0) is 18.8. The van der Waals surface area contributed by atoms with Crippen molar-refractivity contribution in [1.82, 2.24) is 10.2 Å². The molecule has 0 aliphatic carbocycles. The Morgan fingerprint density at radius 2 is 2.19 bits per heavy atom. The van der Waals surface area contributed by atoms with Gasteiger partial charge in [0.1, 0.15) is 13.0 Å². The van der Waals surface area contributed by atoms with Crippen molar-refractivity contribution in [2.75, 3.05) is 53.1 Å². The second-order valence-electron chi connectivity index (χ2n) is 5.85. The van der Waals surface area contributed by atoms with Crippen LogP contribution in [0.15, 0.2) is 12.1 Å². The van der Waals surface area contributed by atoms with Crippen molar-refractivity contribution < 1.29 is 19.0 Å². The van der Waals surface area contributed by atoms with Crippen LogP contribution in [0.3, 0.4) is 0 Å². The number of hydrogen-bond donors (Lipinski definition) is 1. The van der Waals surface area contributed by atoms with E-state index in [1.165, 1.54) is 0 Å². The van der Waals surface area contributed by atoms with Crippen LogP contribution >= 0.6 is 11.6 Å². The van der Waals surface area contributed by atoms with Crippen molar-refractivity contribution in [2.45, 2.75) is 12.8 Å². The quantitative estimate of drug-likeness (QED) is 0.700. The molecule has 2 rings (SSSR count). The smallest absolute Gasteiger partial charge is 0.234 e. The fourth-order valence-corrected chi connectivity index (χ4v) is 2.93. The van der Waals surface area contributed by atoms with E-state index < -0.39 is 0 Å². The fourth-order valence-electron chi connectivity index (χ4n) is 2.64. The van der Waals surface area contributed by atoms with Crippen LogP contribution in [-0.2, 0) is 16.0 Å². The van der Waals surface area contributed by atoms with Gasteiger partial charge >= 0.3 is 0 Å². The molecule has 1 N–H and O–H groups in total. The van der Waals surface area contributed by atoms with Gasteiger partial charge in [-0.05, 0) is 24.1 Å². The number of nitriles is 1. The lowest BCUT2D eigenvalue weighted by Crippen LogP contribution is -2.38. The summed E-state index contributed by atoms with van der Waals surface area (Å²) in [7, 11) is 1.57. The van der Waals surface area contributed by atoms with Gasteiger partial charge < -0.3 is 19.5 Å². The lowest BCUT2D eigenvalue weighted by atomic mass is 10.1. The molecule has 0 saturated carbocycles. The Morgan fingerprint density at radius 1 is 1.42 bits per heavy atom. The van der Waals surface area contributed by atoms with Gasteiger partial charge in [0.2, 0.25) is 5.91 Å². The minimum atomic E-state index is -0.284. The van der Waals surface area contributed by atoms with Crippen molar-refractivity contribution in [1.29, 1.82) is 5.26 Å². The van der Waals surface area contributed by atoms with Crippen LogP contribution < -0.4 is 14.8 Å². The lowest BCUT2D eigenvalue weighted by Gasteiger charge is -2.26. The van der Waals surface area contributed by atoms with Gasteiger partial charge in [-0.1, -0.05) is 11.6 Å². The van der Waals surface area contributed by atoms with Gasteiger partial charge in [-0.15, -0.1) is 0 Å². The molecule has 1 amide bonds. The first-order valence-electron chi connectivity index (χ1n) is 8.57.